The van der Waals surface area contributed by atoms with Crippen molar-refractivity contribution in [2.24, 2.45) is 11.1 Å². The summed E-state index contributed by atoms with van der Waals surface area (Å²) < 4.78 is 28.5. The Balaban J connectivity index is 2.19. The molecule has 0 amide bonds. The molecule has 96 valence electrons. The summed E-state index contributed by atoms with van der Waals surface area (Å²) in [5, 5.41) is 0. The second-order valence-electron chi connectivity index (χ2n) is 5.13. The van der Waals surface area contributed by atoms with Gasteiger partial charge in [-0.2, -0.15) is 0 Å². The molecule has 1 rings (SSSR count). The van der Waals surface area contributed by atoms with Gasteiger partial charge in [-0.15, -0.1) is 0 Å². The fourth-order valence-corrected chi connectivity index (χ4v) is 2.04. The maximum atomic E-state index is 11.8. The summed E-state index contributed by atoms with van der Waals surface area (Å²) >= 11 is 0. The molecule has 3 nitrogen and oxygen atoms in total. The number of nitrogens with two attached hydrogens (primary N) is 1. The van der Waals surface area contributed by atoms with Crippen LogP contribution < -0.4 is 5.73 Å². The van der Waals surface area contributed by atoms with E-state index >= 15 is 0 Å². The van der Waals surface area contributed by atoms with E-state index in [0.717, 1.165) is 19.5 Å². The van der Waals surface area contributed by atoms with Gasteiger partial charge in [0.1, 0.15) is 6.61 Å². The zero-order valence-electron chi connectivity index (χ0n) is 10.1. The Morgan fingerprint density at radius 1 is 1.50 bits per heavy atom. The van der Waals surface area contributed by atoms with E-state index < -0.39 is 13.0 Å². The first-order valence-electron chi connectivity index (χ1n) is 5.75. The third-order valence-corrected chi connectivity index (χ3v) is 3.19. The van der Waals surface area contributed by atoms with Gasteiger partial charge in [0, 0.05) is 19.1 Å². The smallest absolute Gasteiger partial charge is 0.261 e. The summed E-state index contributed by atoms with van der Waals surface area (Å²) in [5.74, 6) is 0. The Kier molecular flexibility index (Phi) is 5.08. The Morgan fingerprint density at radius 3 is 2.75 bits per heavy atom. The summed E-state index contributed by atoms with van der Waals surface area (Å²) in [6.45, 7) is 6.75. The van der Waals surface area contributed by atoms with E-state index in [0.29, 0.717) is 13.2 Å². The van der Waals surface area contributed by atoms with Gasteiger partial charge in [-0.3, -0.25) is 0 Å². The van der Waals surface area contributed by atoms with Gasteiger partial charge in [-0.1, -0.05) is 13.8 Å². The molecule has 0 aromatic carbocycles. The van der Waals surface area contributed by atoms with Crippen LogP contribution in [0.1, 0.15) is 20.3 Å². The van der Waals surface area contributed by atoms with Crippen LogP contribution in [0.2, 0.25) is 0 Å². The molecular weight excluding hydrogens is 214 g/mol. The zero-order valence-corrected chi connectivity index (χ0v) is 10.1. The topological polar surface area (TPSA) is 38.5 Å². The van der Waals surface area contributed by atoms with Crippen LogP contribution in [0, 0.1) is 5.41 Å². The molecule has 1 heterocycles. The van der Waals surface area contributed by atoms with Gasteiger partial charge in [0.05, 0.1) is 6.61 Å². The fourth-order valence-electron chi connectivity index (χ4n) is 2.04. The Bertz CT molecular complexity index is 212. The van der Waals surface area contributed by atoms with Crippen LogP contribution in [0.25, 0.3) is 0 Å². The maximum Gasteiger partial charge on any atom is 0.261 e. The second-order valence-corrected chi connectivity index (χ2v) is 5.13. The van der Waals surface area contributed by atoms with E-state index in [-0.39, 0.29) is 11.5 Å². The lowest BCUT2D eigenvalue weighted by Crippen LogP contribution is -2.52. The first kappa shape index (κ1) is 13.8. The standard InChI is InChI=1S/C11H22F2N2O/c1-11(2)8-15(4-3-9(11)14)5-6-16-7-10(12)13/h9-10H,3-8,14H2,1-2H3. The van der Waals surface area contributed by atoms with Crippen LogP contribution in [0.15, 0.2) is 0 Å². The Morgan fingerprint density at radius 2 is 2.19 bits per heavy atom. The molecule has 0 aromatic rings. The molecule has 16 heavy (non-hydrogen) atoms. The van der Waals surface area contributed by atoms with Gasteiger partial charge in [-0.25, -0.2) is 8.78 Å². The number of hydrogen-bond donors (Lipinski definition) is 1. The lowest BCUT2D eigenvalue weighted by Gasteiger charge is -2.42. The monoisotopic (exact) mass is 236 g/mol. The zero-order chi connectivity index (χ0) is 12.2. The summed E-state index contributed by atoms with van der Waals surface area (Å²) in [7, 11) is 0. The summed E-state index contributed by atoms with van der Waals surface area (Å²) in [6, 6.07) is 0.228. The van der Waals surface area contributed by atoms with E-state index in [9.17, 15) is 8.78 Å². The Hall–Kier alpha value is -0.260. The number of halogens is 2. The predicted octanol–water partition coefficient (Wildman–Crippen LogP) is 1.33. The van der Waals surface area contributed by atoms with Gasteiger partial charge in [0.2, 0.25) is 0 Å². The third-order valence-electron chi connectivity index (χ3n) is 3.19. The lowest BCUT2D eigenvalue weighted by atomic mass is 9.80. The van der Waals surface area contributed by atoms with Gasteiger partial charge >= 0.3 is 0 Å². The van der Waals surface area contributed by atoms with E-state index in [1.165, 1.54) is 0 Å². The van der Waals surface area contributed by atoms with Crippen molar-refractivity contribution in [3.05, 3.63) is 0 Å². The number of alkyl halides is 2. The first-order chi connectivity index (χ1) is 7.42. The molecular formula is C11H22F2N2O. The molecule has 0 aliphatic carbocycles. The van der Waals surface area contributed by atoms with E-state index in [1.54, 1.807) is 0 Å². The van der Waals surface area contributed by atoms with E-state index in [1.807, 2.05) is 0 Å². The molecule has 0 spiro atoms. The van der Waals surface area contributed by atoms with Crippen LogP contribution in [-0.4, -0.2) is 50.2 Å². The number of rotatable bonds is 5. The molecule has 1 atom stereocenters. The van der Waals surface area contributed by atoms with Crippen molar-refractivity contribution in [1.82, 2.24) is 4.90 Å². The molecule has 1 aliphatic rings. The van der Waals surface area contributed by atoms with Gasteiger partial charge in [-0.05, 0) is 18.4 Å². The van der Waals surface area contributed by atoms with Gasteiger partial charge in [0.15, 0.2) is 0 Å². The van der Waals surface area contributed by atoms with Crippen LogP contribution in [0.4, 0.5) is 8.78 Å². The molecule has 1 unspecified atom stereocenters. The highest BCUT2D eigenvalue weighted by Gasteiger charge is 2.32. The minimum atomic E-state index is -2.37. The number of likely N-dealkylation sites (tertiary alicyclic amines) is 1. The van der Waals surface area contributed by atoms with Crippen molar-refractivity contribution >= 4 is 0 Å². The molecule has 0 aromatic heterocycles. The van der Waals surface area contributed by atoms with Crippen molar-refractivity contribution in [3.8, 4) is 0 Å². The third kappa shape index (κ3) is 4.31. The van der Waals surface area contributed by atoms with Crippen LogP contribution >= 0.6 is 0 Å². The lowest BCUT2D eigenvalue weighted by molar-refractivity contribution is 0.000392. The van der Waals surface area contributed by atoms with Crippen molar-refractivity contribution in [1.29, 1.82) is 0 Å². The minimum absolute atomic E-state index is 0.0982. The fraction of sp³-hybridized carbons (Fsp3) is 1.00. The quantitative estimate of drug-likeness (QED) is 0.732. The van der Waals surface area contributed by atoms with Crippen LogP contribution in [-0.2, 0) is 4.74 Å². The van der Waals surface area contributed by atoms with Gasteiger partial charge < -0.3 is 15.4 Å². The van der Waals surface area contributed by atoms with Crippen molar-refractivity contribution in [3.63, 3.8) is 0 Å². The van der Waals surface area contributed by atoms with E-state index in [4.69, 9.17) is 10.5 Å². The highest BCUT2D eigenvalue weighted by Crippen LogP contribution is 2.27. The molecule has 0 saturated carbocycles. The Labute approximate surface area is 95.9 Å². The molecule has 1 fully saturated rings. The largest absolute Gasteiger partial charge is 0.374 e. The second kappa shape index (κ2) is 5.89. The van der Waals surface area contributed by atoms with Crippen molar-refractivity contribution in [2.75, 3.05) is 32.8 Å². The highest BCUT2D eigenvalue weighted by atomic mass is 19.3. The predicted molar refractivity (Wildman–Crippen MR) is 59.6 cm³/mol. The first-order valence-corrected chi connectivity index (χ1v) is 5.75. The SMILES string of the molecule is CC1(C)CN(CCOCC(F)F)CCC1N. The molecule has 2 N–H and O–H groups in total. The molecule has 5 heteroatoms. The van der Waals surface area contributed by atoms with E-state index in [2.05, 4.69) is 18.7 Å². The number of piperidine rings is 1. The molecule has 1 saturated heterocycles. The van der Waals surface area contributed by atoms with Crippen molar-refractivity contribution in [2.45, 2.75) is 32.7 Å². The van der Waals surface area contributed by atoms with Crippen LogP contribution in [0.3, 0.4) is 0 Å². The molecule has 1 aliphatic heterocycles. The normalized spacial score (nSPS) is 26.2. The highest BCUT2D eigenvalue weighted by molar-refractivity contribution is 4.89. The minimum Gasteiger partial charge on any atom is -0.374 e. The molecule has 0 bridgehead atoms. The summed E-state index contributed by atoms with van der Waals surface area (Å²) in [4.78, 5) is 2.23. The summed E-state index contributed by atoms with van der Waals surface area (Å²) in [5.41, 5.74) is 6.11. The number of hydrogen-bond acceptors (Lipinski definition) is 3. The average molecular weight is 236 g/mol. The van der Waals surface area contributed by atoms with Gasteiger partial charge in [0.25, 0.3) is 6.43 Å². The average Bonchev–Trinajstić information content (AvgIpc) is 2.17. The van der Waals surface area contributed by atoms with Crippen LogP contribution in [0.5, 0.6) is 0 Å². The number of ether oxygens (including phenoxy) is 1. The van der Waals surface area contributed by atoms with Crippen molar-refractivity contribution < 1.29 is 13.5 Å². The summed E-state index contributed by atoms with van der Waals surface area (Å²) in [6.07, 6.45) is -1.41. The number of nitrogens with zero attached hydrogens (tertiary/aromatic N) is 1. The maximum absolute atomic E-state index is 11.8. The molecule has 0 radical (unpaired) electrons.